The molecule has 1 amide bonds. The van der Waals surface area contributed by atoms with Gasteiger partial charge in [-0.25, -0.2) is 0 Å². The number of carbonyl (C=O) groups is 1. The molecule has 0 saturated heterocycles. The van der Waals surface area contributed by atoms with Crippen molar-refractivity contribution in [2.75, 3.05) is 12.4 Å². The van der Waals surface area contributed by atoms with Crippen molar-refractivity contribution in [1.82, 2.24) is 0 Å². The van der Waals surface area contributed by atoms with Crippen LogP contribution >= 0.6 is 0 Å². The summed E-state index contributed by atoms with van der Waals surface area (Å²) in [5, 5.41) is 3.26. The Morgan fingerprint density at radius 3 is 2.29 bits per heavy atom. The standard InChI is InChI=1S/C17H20N2O2/c1-12-6-4-5-7-15(12)19-17(2,16(18)20)13-8-10-14(21-3)11-9-13/h4-11,19H,1-3H3,(H2,18,20). The molecule has 0 heterocycles. The predicted octanol–water partition coefficient (Wildman–Crippen LogP) is 2.82. The van der Waals surface area contributed by atoms with E-state index in [2.05, 4.69) is 5.32 Å². The topological polar surface area (TPSA) is 64.3 Å². The lowest BCUT2D eigenvalue weighted by molar-refractivity contribution is -0.122. The van der Waals surface area contributed by atoms with Gasteiger partial charge in [-0.05, 0) is 43.2 Å². The summed E-state index contributed by atoms with van der Waals surface area (Å²) in [5.41, 5.74) is 7.38. The lowest BCUT2D eigenvalue weighted by Gasteiger charge is -2.30. The Bertz CT molecular complexity index is 637. The van der Waals surface area contributed by atoms with E-state index in [0.29, 0.717) is 0 Å². The Kier molecular flexibility index (Phi) is 4.17. The van der Waals surface area contributed by atoms with E-state index in [9.17, 15) is 4.79 Å². The van der Waals surface area contributed by atoms with Gasteiger partial charge in [-0.2, -0.15) is 0 Å². The second-order valence-electron chi connectivity index (χ2n) is 5.16. The van der Waals surface area contributed by atoms with E-state index in [1.807, 2.05) is 55.5 Å². The zero-order valence-electron chi connectivity index (χ0n) is 12.5. The number of ether oxygens (including phenoxy) is 1. The molecule has 110 valence electrons. The van der Waals surface area contributed by atoms with Crippen molar-refractivity contribution >= 4 is 11.6 Å². The van der Waals surface area contributed by atoms with Gasteiger partial charge >= 0.3 is 0 Å². The van der Waals surface area contributed by atoms with Crippen LogP contribution in [0.3, 0.4) is 0 Å². The number of benzene rings is 2. The molecule has 0 aliphatic heterocycles. The number of nitrogens with two attached hydrogens (primary N) is 1. The van der Waals surface area contributed by atoms with Crippen LogP contribution in [0.4, 0.5) is 5.69 Å². The van der Waals surface area contributed by atoms with Crippen LogP contribution in [0.2, 0.25) is 0 Å². The molecule has 3 N–H and O–H groups in total. The minimum atomic E-state index is -0.988. The van der Waals surface area contributed by atoms with Crippen LogP contribution in [-0.4, -0.2) is 13.0 Å². The highest BCUT2D eigenvalue weighted by Crippen LogP contribution is 2.29. The van der Waals surface area contributed by atoms with Crippen LogP contribution in [0.25, 0.3) is 0 Å². The lowest BCUT2D eigenvalue weighted by atomic mass is 9.90. The number of para-hydroxylation sites is 1. The van der Waals surface area contributed by atoms with Crippen molar-refractivity contribution in [2.24, 2.45) is 5.73 Å². The van der Waals surface area contributed by atoms with Gasteiger partial charge in [0.2, 0.25) is 5.91 Å². The molecule has 0 bridgehead atoms. The number of hydrogen-bond donors (Lipinski definition) is 2. The number of anilines is 1. The lowest BCUT2D eigenvalue weighted by Crippen LogP contribution is -2.45. The summed E-state index contributed by atoms with van der Waals surface area (Å²) < 4.78 is 5.14. The number of aryl methyl sites for hydroxylation is 1. The van der Waals surface area contributed by atoms with Crippen LogP contribution in [0, 0.1) is 6.92 Å². The highest BCUT2D eigenvalue weighted by molar-refractivity contribution is 5.89. The largest absolute Gasteiger partial charge is 0.497 e. The van der Waals surface area contributed by atoms with Crippen LogP contribution in [0.5, 0.6) is 5.75 Å². The van der Waals surface area contributed by atoms with Crippen LogP contribution in [0.15, 0.2) is 48.5 Å². The van der Waals surface area contributed by atoms with Crippen molar-refractivity contribution in [3.8, 4) is 5.75 Å². The fourth-order valence-corrected chi connectivity index (χ4v) is 2.18. The molecule has 4 heteroatoms. The summed E-state index contributed by atoms with van der Waals surface area (Å²) in [7, 11) is 1.61. The van der Waals surface area contributed by atoms with Crippen LogP contribution < -0.4 is 15.8 Å². The Hall–Kier alpha value is -2.49. The molecular formula is C17H20N2O2. The molecule has 0 aromatic heterocycles. The molecule has 0 radical (unpaired) electrons. The van der Waals surface area contributed by atoms with Crippen molar-refractivity contribution in [1.29, 1.82) is 0 Å². The highest BCUT2D eigenvalue weighted by Gasteiger charge is 2.33. The van der Waals surface area contributed by atoms with Crippen LogP contribution in [-0.2, 0) is 10.3 Å². The van der Waals surface area contributed by atoms with E-state index in [-0.39, 0.29) is 0 Å². The zero-order chi connectivity index (χ0) is 15.5. The Morgan fingerprint density at radius 1 is 1.14 bits per heavy atom. The van der Waals surface area contributed by atoms with E-state index in [1.54, 1.807) is 14.0 Å². The third-order valence-corrected chi connectivity index (χ3v) is 3.69. The van der Waals surface area contributed by atoms with E-state index in [4.69, 9.17) is 10.5 Å². The molecular weight excluding hydrogens is 264 g/mol. The number of hydrogen-bond acceptors (Lipinski definition) is 3. The maximum atomic E-state index is 12.0. The third-order valence-electron chi connectivity index (χ3n) is 3.69. The quantitative estimate of drug-likeness (QED) is 0.887. The average Bonchev–Trinajstić information content (AvgIpc) is 2.49. The molecule has 4 nitrogen and oxygen atoms in total. The summed E-state index contributed by atoms with van der Waals surface area (Å²) in [4.78, 5) is 12.0. The predicted molar refractivity (Wildman–Crippen MR) is 84.3 cm³/mol. The second kappa shape index (κ2) is 5.87. The molecule has 2 aromatic rings. The monoisotopic (exact) mass is 284 g/mol. The molecule has 0 spiro atoms. The molecule has 21 heavy (non-hydrogen) atoms. The first kappa shape index (κ1) is 14.9. The van der Waals surface area contributed by atoms with Crippen molar-refractivity contribution in [2.45, 2.75) is 19.4 Å². The van der Waals surface area contributed by atoms with Crippen molar-refractivity contribution in [3.05, 3.63) is 59.7 Å². The van der Waals surface area contributed by atoms with Crippen molar-refractivity contribution in [3.63, 3.8) is 0 Å². The first-order chi connectivity index (χ1) is 9.97. The van der Waals surface area contributed by atoms with Crippen molar-refractivity contribution < 1.29 is 9.53 Å². The Morgan fingerprint density at radius 2 is 1.76 bits per heavy atom. The maximum absolute atomic E-state index is 12.0. The Labute approximate surface area is 124 Å². The van der Waals surface area contributed by atoms with Crippen LogP contribution in [0.1, 0.15) is 18.1 Å². The number of methoxy groups -OCH3 is 1. The van der Waals surface area contributed by atoms with Gasteiger partial charge in [0, 0.05) is 5.69 Å². The minimum absolute atomic E-state index is 0.434. The van der Waals surface area contributed by atoms with Gasteiger partial charge in [0.15, 0.2) is 0 Å². The summed E-state index contributed by atoms with van der Waals surface area (Å²) in [6, 6.07) is 15.1. The molecule has 2 aromatic carbocycles. The number of rotatable bonds is 5. The first-order valence-electron chi connectivity index (χ1n) is 6.75. The smallest absolute Gasteiger partial charge is 0.247 e. The molecule has 0 fully saturated rings. The van der Waals surface area contributed by atoms with Gasteiger partial charge < -0.3 is 15.8 Å². The second-order valence-corrected chi connectivity index (χ2v) is 5.16. The summed E-state index contributed by atoms with van der Waals surface area (Å²) in [5.74, 6) is 0.303. The third kappa shape index (κ3) is 2.99. The Balaban J connectivity index is 2.40. The molecule has 0 saturated carbocycles. The van der Waals surface area contributed by atoms with Gasteiger partial charge in [-0.1, -0.05) is 30.3 Å². The van der Waals surface area contributed by atoms with Gasteiger partial charge in [0.25, 0.3) is 0 Å². The summed E-state index contributed by atoms with van der Waals surface area (Å²) in [6.07, 6.45) is 0. The van der Waals surface area contributed by atoms with E-state index >= 15 is 0 Å². The highest BCUT2D eigenvalue weighted by atomic mass is 16.5. The fraction of sp³-hybridized carbons (Fsp3) is 0.235. The molecule has 0 aliphatic carbocycles. The number of nitrogens with one attached hydrogen (secondary N) is 1. The molecule has 0 aliphatic rings. The number of carbonyl (C=O) groups excluding carboxylic acids is 1. The normalized spacial score (nSPS) is 13.3. The number of amides is 1. The maximum Gasteiger partial charge on any atom is 0.247 e. The van der Waals surface area contributed by atoms with E-state index < -0.39 is 11.4 Å². The molecule has 1 atom stereocenters. The van der Waals surface area contributed by atoms with Gasteiger partial charge in [-0.15, -0.1) is 0 Å². The van der Waals surface area contributed by atoms with E-state index in [1.165, 1.54) is 0 Å². The number of primary amides is 1. The average molecular weight is 284 g/mol. The molecule has 2 rings (SSSR count). The first-order valence-corrected chi connectivity index (χ1v) is 6.75. The minimum Gasteiger partial charge on any atom is -0.497 e. The zero-order valence-corrected chi connectivity index (χ0v) is 12.5. The van der Waals surface area contributed by atoms with Gasteiger partial charge in [-0.3, -0.25) is 4.79 Å². The SMILES string of the molecule is COc1ccc(C(C)(Nc2ccccc2C)C(N)=O)cc1. The fourth-order valence-electron chi connectivity index (χ4n) is 2.18. The summed E-state index contributed by atoms with van der Waals surface area (Å²) >= 11 is 0. The van der Waals surface area contributed by atoms with Gasteiger partial charge in [0.1, 0.15) is 11.3 Å². The van der Waals surface area contributed by atoms with Gasteiger partial charge in [0.05, 0.1) is 7.11 Å². The summed E-state index contributed by atoms with van der Waals surface area (Å²) in [6.45, 7) is 3.77. The van der Waals surface area contributed by atoms with E-state index in [0.717, 1.165) is 22.6 Å². The molecule has 1 unspecified atom stereocenters.